The highest BCUT2D eigenvalue weighted by Gasteiger charge is 2.03. The minimum Gasteiger partial charge on any atom is -0.307 e. The fraction of sp³-hybridized carbons (Fsp3) is 0.111. The van der Waals surface area contributed by atoms with Gasteiger partial charge in [-0.3, -0.25) is 9.36 Å². The maximum absolute atomic E-state index is 11.6. The molecule has 0 aliphatic heterocycles. The summed E-state index contributed by atoms with van der Waals surface area (Å²) in [5, 5.41) is 0.510. The molecule has 0 aliphatic carbocycles. The van der Waals surface area contributed by atoms with Gasteiger partial charge in [-0.05, 0) is 18.2 Å². The van der Waals surface area contributed by atoms with E-state index in [0.29, 0.717) is 10.9 Å². The van der Waals surface area contributed by atoms with E-state index in [2.05, 4.69) is 20.9 Å². The number of nitrogens with one attached hydrogen (secondary N) is 1. The van der Waals surface area contributed by atoms with Crippen molar-refractivity contribution in [1.29, 1.82) is 0 Å². The van der Waals surface area contributed by atoms with Gasteiger partial charge in [-0.2, -0.15) is 0 Å². The summed E-state index contributed by atoms with van der Waals surface area (Å²) in [7, 11) is 1.45. The van der Waals surface area contributed by atoms with Gasteiger partial charge >= 0.3 is 5.69 Å². The molecule has 0 spiro atoms. The molecule has 0 aliphatic rings. The molecular weight excluding hydrogens is 248 g/mol. The summed E-state index contributed by atoms with van der Waals surface area (Å²) < 4.78 is 1.88. The van der Waals surface area contributed by atoms with Crippen LogP contribution in [-0.2, 0) is 7.05 Å². The lowest BCUT2D eigenvalue weighted by molar-refractivity contribution is 0.794. The van der Waals surface area contributed by atoms with Crippen molar-refractivity contribution in [1.82, 2.24) is 9.55 Å². The van der Waals surface area contributed by atoms with Crippen LogP contribution in [0.5, 0.6) is 0 Å². The first-order chi connectivity index (χ1) is 6.59. The van der Waals surface area contributed by atoms with Crippen LogP contribution in [0, 0.1) is 0 Å². The molecule has 4 nitrogen and oxygen atoms in total. The van der Waals surface area contributed by atoms with Crippen molar-refractivity contribution >= 4 is 26.8 Å². The maximum atomic E-state index is 11.6. The predicted molar refractivity (Wildman–Crippen MR) is 57.5 cm³/mol. The van der Waals surface area contributed by atoms with E-state index in [1.165, 1.54) is 7.05 Å². The second-order valence-corrected chi connectivity index (χ2v) is 3.90. The number of halogens is 1. The summed E-state index contributed by atoms with van der Waals surface area (Å²) in [5.41, 5.74) is -0.135. The molecule has 0 radical (unpaired) electrons. The second kappa shape index (κ2) is 3.09. The normalized spacial score (nSPS) is 10.7. The number of rotatable bonds is 0. The number of nitrogens with zero attached hydrogens (tertiary/aromatic N) is 1. The van der Waals surface area contributed by atoms with Crippen molar-refractivity contribution in [2.75, 3.05) is 0 Å². The summed E-state index contributed by atoms with van der Waals surface area (Å²) in [5.74, 6) is 0. The quantitative estimate of drug-likeness (QED) is 0.763. The zero-order valence-corrected chi connectivity index (χ0v) is 8.96. The third-order valence-electron chi connectivity index (χ3n) is 2.06. The summed E-state index contributed by atoms with van der Waals surface area (Å²) in [6, 6.07) is 5.15. The first kappa shape index (κ1) is 9.21. The van der Waals surface area contributed by atoms with Gasteiger partial charge in [0.1, 0.15) is 0 Å². The van der Waals surface area contributed by atoms with Crippen LogP contribution in [0.15, 0.2) is 32.3 Å². The Labute approximate surface area is 87.3 Å². The van der Waals surface area contributed by atoms with Crippen molar-refractivity contribution in [2.24, 2.45) is 7.05 Å². The monoisotopic (exact) mass is 254 g/mol. The SMILES string of the molecule is Cn1c(=O)[nH]c2cc(Br)ccc2c1=O. The Kier molecular flexibility index (Phi) is 2.03. The van der Waals surface area contributed by atoms with E-state index >= 15 is 0 Å². The van der Waals surface area contributed by atoms with Gasteiger partial charge < -0.3 is 4.98 Å². The lowest BCUT2D eigenvalue weighted by atomic mass is 10.2. The third-order valence-corrected chi connectivity index (χ3v) is 2.56. The topological polar surface area (TPSA) is 54.9 Å². The number of aromatic amines is 1. The van der Waals surface area contributed by atoms with Crippen LogP contribution < -0.4 is 11.2 Å². The van der Waals surface area contributed by atoms with Crippen molar-refractivity contribution in [3.8, 4) is 0 Å². The molecule has 0 saturated carbocycles. The largest absolute Gasteiger partial charge is 0.328 e. The lowest BCUT2D eigenvalue weighted by Crippen LogP contribution is -2.32. The van der Waals surface area contributed by atoms with Crippen LogP contribution >= 0.6 is 15.9 Å². The van der Waals surface area contributed by atoms with Gasteiger partial charge in [-0.1, -0.05) is 15.9 Å². The number of aromatic nitrogens is 2. The number of fused-ring (bicyclic) bond motifs is 1. The fourth-order valence-electron chi connectivity index (χ4n) is 1.28. The molecule has 0 fully saturated rings. The third kappa shape index (κ3) is 1.29. The van der Waals surface area contributed by atoms with Crippen LogP contribution in [0.1, 0.15) is 0 Å². The summed E-state index contributed by atoms with van der Waals surface area (Å²) in [4.78, 5) is 25.5. The van der Waals surface area contributed by atoms with Crippen molar-refractivity contribution in [3.05, 3.63) is 43.5 Å². The smallest absolute Gasteiger partial charge is 0.307 e. The Morgan fingerprint density at radius 2 is 2.07 bits per heavy atom. The van der Waals surface area contributed by atoms with Crippen molar-refractivity contribution < 1.29 is 0 Å². The lowest BCUT2D eigenvalue weighted by Gasteiger charge is -2.00. The number of hydrogen-bond donors (Lipinski definition) is 1. The van der Waals surface area contributed by atoms with Crippen LogP contribution in [0.2, 0.25) is 0 Å². The van der Waals surface area contributed by atoms with Crippen LogP contribution in [0.3, 0.4) is 0 Å². The predicted octanol–water partition coefficient (Wildman–Crippen LogP) is 0.989. The fourth-order valence-corrected chi connectivity index (χ4v) is 1.64. The Morgan fingerprint density at radius 1 is 1.36 bits per heavy atom. The van der Waals surface area contributed by atoms with E-state index in [1.54, 1.807) is 18.2 Å². The second-order valence-electron chi connectivity index (χ2n) is 2.98. The van der Waals surface area contributed by atoms with Gasteiger partial charge in [0.15, 0.2) is 0 Å². The van der Waals surface area contributed by atoms with Gasteiger partial charge in [-0.25, -0.2) is 4.79 Å². The van der Waals surface area contributed by atoms with Gasteiger partial charge in [0.2, 0.25) is 0 Å². The molecule has 2 rings (SSSR count). The Balaban J connectivity index is 3.06. The molecule has 14 heavy (non-hydrogen) atoms. The number of hydrogen-bond acceptors (Lipinski definition) is 2. The molecule has 72 valence electrons. The molecule has 5 heteroatoms. The zero-order chi connectivity index (χ0) is 10.3. The average molecular weight is 255 g/mol. The average Bonchev–Trinajstić information content (AvgIpc) is 2.14. The van der Waals surface area contributed by atoms with E-state index in [-0.39, 0.29) is 5.56 Å². The van der Waals surface area contributed by atoms with Gasteiger partial charge in [-0.15, -0.1) is 0 Å². The van der Waals surface area contributed by atoms with E-state index in [9.17, 15) is 9.59 Å². The summed E-state index contributed by atoms with van der Waals surface area (Å²) >= 11 is 3.27. The van der Waals surface area contributed by atoms with E-state index in [1.807, 2.05) is 0 Å². The van der Waals surface area contributed by atoms with E-state index in [4.69, 9.17) is 0 Å². The minimum absolute atomic E-state index is 0.281. The molecule has 0 saturated heterocycles. The Morgan fingerprint density at radius 3 is 2.79 bits per heavy atom. The van der Waals surface area contributed by atoms with E-state index < -0.39 is 5.69 Å². The first-order valence-electron chi connectivity index (χ1n) is 3.98. The molecule has 1 aromatic carbocycles. The molecule has 1 N–H and O–H groups in total. The summed E-state index contributed by atoms with van der Waals surface area (Å²) in [6.45, 7) is 0. The van der Waals surface area contributed by atoms with Crippen LogP contribution in [-0.4, -0.2) is 9.55 Å². The Hall–Kier alpha value is -1.36. The molecular formula is C9H7BrN2O2. The van der Waals surface area contributed by atoms with Gasteiger partial charge in [0, 0.05) is 11.5 Å². The highest BCUT2D eigenvalue weighted by atomic mass is 79.9. The van der Waals surface area contributed by atoms with Gasteiger partial charge in [0.05, 0.1) is 10.9 Å². The molecule has 0 unspecified atom stereocenters. The molecule has 0 bridgehead atoms. The van der Waals surface area contributed by atoms with E-state index in [0.717, 1.165) is 9.04 Å². The van der Waals surface area contributed by atoms with Crippen LogP contribution in [0.4, 0.5) is 0 Å². The standard InChI is InChI=1S/C9H7BrN2O2/c1-12-8(13)6-3-2-5(10)4-7(6)11-9(12)14/h2-4H,1H3,(H,11,14). The van der Waals surface area contributed by atoms with Crippen LogP contribution in [0.25, 0.3) is 10.9 Å². The maximum Gasteiger partial charge on any atom is 0.328 e. The minimum atomic E-state index is -0.402. The molecule has 0 atom stereocenters. The van der Waals surface area contributed by atoms with Crippen molar-refractivity contribution in [2.45, 2.75) is 0 Å². The molecule has 1 heterocycles. The highest BCUT2D eigenvalue weighted by molar-refractivity contribution is 9.10. The molecule has 2 aromatic rings. The number of benzene rings is 1. The number of H-pyrrole nitrogens is 1. The summed E-state index contributed by atoms with van der Waals surface area (Å²) in [6.07, 6.45) is 0. The first-order valence-corrected chi connectivity index (χ1v) is 4.77. The molecule has 1 aromatic heterocycles. The highest BCUT2D eigenvalue weighted by Crippen LogP contribution is 2.13. The van der Waals surface area contributed by atoms with Crippen molar-refractivity contribution in [3.63, 3.8) is 0 Å². The van der Waals surface area contributed by atoms with Gasteiger partial charge in [0.25, 0.3) is 5.56 Å². The molecule has 0 amide bonds. The zero-order valence-electron chi connectivity index (χ0n) is 7.37. The Bertz CT molecular complexity index is 612.